The first kappa shape index (κ1) is 16.2. The summed E-state index contributed by atoms with van der Waals surface area (Å²) >= 11 is 0. The molecule has 0 aliphatic carbocycles. The molecule has 0 bridgehead atoms. The van der Waals surface area contributed by atoms with Gasteiger partial charge in [-0.05, 0) is 43.3 Å². The van der Waals surface area contributed by atoms with E-state index in [-0.39, 0.29) is 5.56 Å². The molecule has 0 aliphatic rings. The molecule has 0 atom stereocenters. The molecule has 1 N–H and O–H groups in total. The Morgan fingerprint density at radius 1 is 1.12 bits per heavy atom. The van der Waals surface area contributed by atoms with Crippen LogP contribution in [-0.4, -0.2) is 35.6 Å². The summed E-state index contributed by atoms with van der Waals surface area (Å²) in [7, 11) is 3.69. The molecule has 0 spiro atoms. The quantitative estimate of drug-likeness (QED) is 0.757. The molecular weight excluding hydrogens is 302 g/mol. The summed E-state index contributed by atoms with van der Waals surface area (Å²) in [6, 6.07) is 15.5. The average molecular weight is 323 g/mol. The number of H-pyrrole nitrogens is 1. The molecule has 2 aromatic carbocycles. The molecule has 1 aromatic heterocycles. The normalized spacial score (nSPS) is 11.1. The second kappa shape index (κ2) is 7.27. The molecule has 124 valence electrons. The molecule has 0 radical (unpaired) electrons. The SMILES string of the molecule is COc1ccc(CCN(C)Cc2nc3ccccc3c(=O)[nH]2)cc1. The molecule has 24 heavy (non-hydrogen) atoms. The van der Waals surface area contributed by atoms with Gasteiger partial charge in [-0.1, -0.05) is 24.3 Å². The lowest BCUT2D eigenvalue weighted by Gasteiger charge is -2.16. The highest BCUT2D eigenvalue weighted by Gasteiger charge is 2.06. The van der Waals surface area contributed by atoms with E-state index in [0.29, 0.717) is 17.8 Å². The molecular formula is C19H21N3O2. The predicted octanol–water partition coefficient (Wildman–Crippen LogP) is 2.61. The van der Waals surface area contributed by atoms with Crippen molar-refractivity contribution in [3.05, 3.63) is 70.3 Å². The van der Waals surface area contributed by atoms with Crippen LogP contribution >= 0.6 is 0 Å². The number of hydrogen-bond donors (Lipinski definition) is 1. The first-order valence-electron chi connectivity index (χ1n) is 7.95. The molecule has 5 heteroatoms. The van der Waals surface area contributed by atoms with Crippen LogP contribution in [0, 0.1) is 0 Å². The number of likely N-dealkylation sites (N-methyl/N-ethyl adjacent to an activating group) is 1. The van der Waals surface area contributed by atoms with E-state index in [9.17, 15) is 4.79 Å². The lowest BCUT2D eigenvalue weighted by Crippen LogP contribution is -2.24. The van der Waals surface area contributed by atoms with Gasteiger partial charge in [0.2, 0.25) is 0 Å². The largest absolute Gasteiger partial charge is 0.497 e. The summed E-state index contributed by atoms with van der Waals surface area (Å²) in [6.45, 7) is 1.49. The molecule has 0 unspecified atom stereocenters. The third-order valence-corrected chi connectivity index (χ3v) is 4.02. The fraction of sp³-hybridized carbons (Fsp3) is 0.263. The van der Waals surface area contributed by atoms with Crippen molar-refractivity contribution in [2.45, 2.75) is 13.0 Å². The van der Waals surface area contributed by atoms with Crippen LogP contribution in [0.2, 0.25) is 0 Å². The van der Waals surface area contributed by atoms with Gasteiger partial charge < -0.3 is 9.72 Å². The number of para-hydroxylation sites is 1. The van der Waals surface area contributed by atoms with Crippen LogP contribution in [0.4, 0.5) is 0 Å². The summed E-state index contributed by atoms with van der Waals surface area (Å²) in [5, 5.41) is 0.627. The van der Waals surface area contributed by atoms with E-state index in [4.69, 9.17) is 4.74 Å². The lowest BCUT2D eigenvalue weighted by molar-refractivity contribution is 0.322. The van der Waals surface area contributed by atoms with Crippen LogP contribution in [0.1, 0.15) is 11.4 Å². The number of nitrogens with one attached hydrogen (secondary N) is 1. The Balaban J connectivity index is 1.64. The molecule has 0 saturated carbocycles. The minimum Gasteiger partial charge on any atom is -0.497 e. The van der Waals surface area contributed by atoms with Gasteiger partial charge in [0, 0.05) is 6.54 Å². The van der Waals surface area contributed by atoms with Gasteiger partial charge in [-0.3, -0.25) is 9.69 Å². The summed E-state index contributed by atoms with van der Waals surface area (Å²) in [6.07, 6.45) is 0.929. The lowest BCUT2D eigenvalue weighted by atomic mass is 10.1. The van der Waals surface area contributed by atoms with E-state index in [2.05, 4.69) is 27.0 Å². The Hall–Kier alpha value is -2.66. The zero-order valence-corrected chi connectivity index (χ0v) is 14.0. The highest BCUT2D eigenvalue weighted by molar-refractivity contribution is 5.77. The van der Waals surface area contributed by atoms with Gasteiger partial charge in [0.1, 0.15) is 11.6 Å². The number of methoxy groups -OCH3 is 1. The van der Waals surface area contributed by atoms with Gasteiger partial charge in [-0.15, -0.1) is 0 Å². The summed E-state index contributed by atoms with van der Waals surface area (Å²) in [4.78, 5) is 21.7. The summed E-state index contributed by atoms with van der Waals surface area (Å²) in [5.74, 6) is 1.56. The van der Waals surface area contributed by atoms with Gasteiger partial charge in [0.05, 0.1) is 24.6 Å². The number of benzene rings is 2. The van der Waals surface area contributed by atoms with Crippen molar-refractivity contribution in [1.29, 1.82) is 0 Å². The summed E-state index contributed by atoms with van der Waals surface area (Å²) in [5.41, 5.74) is 1.90. The van der Waals surface area contributed by atoms with Gasteiger partial charge in [0.25, 0.3) is 5.56 Å². The molecule has 3 rings (SSSR count). The van der Waals surface area contributed by atoms with Gasteiger partial charge >= 0.3 is 0 Å². The van der Waals surface area contributed by atoms with Crippen molar-refractivity contribution >= 4 is 10.9 Å². The average Bonchev–Trinajstić information content (AvgIpc) is 2.60. The van der Waals surface area contributed by atoms with E-state index in [1.165, 1.54) is 5.56 Å². The van der Waals surface area contributed by atoms with E-state index in [1.807, 2.05) is 37.4 Å². The fourth-order valence-electron chi connectivity index (χ4n) is 2.66. The van der Waals surface area contributed by atoms with Crippen LogP contribution in [0.15, 0.2) is 53.3 Å². The first-order chi connectivity index (χ1) is 11.7. The number of ether oxygens (including phenoxy) is 1. The van der Waals surface area contributed by atoms with Crippen LogP contribution in [0.3, 0.4) is 0 Å². The Bertz CT molecular complexity index is 872. The van der Waals surface area contributed by atoms with E-state index in [0.717, 1.165) is 24.2 Å². The third-order valence-electron chi connectivity index (χ3n) is 4.02. The number of nitrogens with zero attached hydrogens (tertiary/aromatic N) is 2. The van der Waals surface area contributed by atoms with Crippen molar-refractivity contribution in [3.8, 4) is 5.75 Å². The van der Waals surface area contributed by atoms with Gasteiger partial charge in [-0.2, -0.15) is 0 Å². The second-order valence-corrected chi connectivity index (χ2v) is 5.87. The van der Waals surface area contributed by atoms with Crippen LogP contribution in [-0.2, 0) is 13.0 Å². The number of aromatic amines is 1. The van der Waals surface area contributed by atoms with E-state index >= 15 is 0 Å². The summed E-state index contributed by atoms with van der Waals surface area (Å²) < 4.78 is 5.17. The van der Waals surface area contributed by atoms with Crippen molar-refractivity contribution in [2.24, 2.45) is 0 Å². The first-order valence-corrected chi connectivity index (χ1v) is 7.95. The highest BCUT2D eigenvalue weighted by atomic mass is 16.5. The van der Waals surface area contributed by atoms with Gasteiger partial charge in [-0.25, -0.2) is 4.98 Å². The number of fused-ring (bicyclic) bond motifs is 1. The Kier molecular flexibility index (Phi) is 4.91. The second-order valence-electron chi connectivity index (χ2n) is 5.87. The van der Waals surface area contributed by atoms with Crippen molar-refractivity contribution in [2.75, 3.05) is 20.7 Å². The number of hydrogen-bond acceptors (Lipinski definition) is 4. The molecule has 5 nitrogen and oxygen atoms in total. The standard InChI is InChI=1S/C19H21N3O2/c1-22(12-11-14-7-9-15(24-2)10-8-14)13-18-20-17-6-4-3-5-16(17)19(23)21-18/h3-10H,11-13H2,1-2H3,(H,20,21,23). The molecule has 1 heterocycles. The topological polar surface area (TPSA) is 58.2 Å². The van der Waals surface area contributed by atoms with E-state index < -0.39 is 0 Å². The zero-order valence-electron chi connectivity index (χ0n) is 14.0. The predicted molar refractivity (Wildman–Crippen MR) is 95.4 cm³/mol. The maximum Gasteiger partial charge on any atom is 0.258 e. The maximum atomic E-state index is 12.1. The van der Waals surface area contributed by atoms with Crippen LogP contribution in [0.5, 0.6) is 5.75 Å². The highest BCUT2D eigenvalue weighted by Crippen LogP contribution is 2.12. The smallest absolute Gasteiger partial charge is 0.258 e. The van der Waals surface area contributed by atoms with E-state index in [1.54, 1.807) is 13.2 Å². The van der Waals surface area contributed by atoms with Crippen molar-refractivity contribution in [1.82, 2.24) is 14.9 Å². The molecule has 0 amide bonds. The molecule has 3 aromatic rings. The zero-order chi connectivity index (χ0) is 16.9. The Labute approximate surface area is 140 Å². The van der Waals surface area contributed by atoms with Crippen LogP contribution in [0.25, 0.3) is 10.9 Å². The molecule has 0 saturated heterocycles. The van der Waals surface area contributed by atoms with Crippen LogP contribution < -0.4 is 10.3 Å². The Morgan fingerprint density at radius 3 is 2.62 bits per heavy atom. The number of aromatic nitrogens is 2. The third kappa shape index (κ3) is 3.81. The Morgan fingerprint density at radius 2 is 1.88 bits per heavy atom. The number of rotatable bonds is 6. The maximum absolute atomic E-state index is 12.1. The van der Waals surface area contributed by atoms with Gasteiger partial charge in [0.15, 0.2) is 0 Å². The van der Waals surface area contributed by atoms with Crippen molar-refractivity contribution < 1.29 is 4.74 Å². The minimum atomic E-state index is -0.0841. The minimum absolute atomic E-state index is 0.0841. The monoisotopic (exact) mass is 323 g/mol. The van der Waals surface area contributed by atoms with Crippen molar-refractivity contribution in [3.63, 3.8) is 0 Å². The molecule has 0 fully saturated rings. The fourth-order valence-corrected chi connectivity index (χ4v) is 2.66. The molecule has 0 aliphatic heterocycles.